The molecule has 0 saturated heterocycles. The Bertz CT molecular complexity index is 842. The fraction of sp³-hybridized carbons (Fsp3) is 0.938. The molecule has 4 fully saturated rings. The van der Waals surface area contributed by atoms with Gasteiger partial charge in [0.1, 0.15) is 0 Å². The molecule has 194 valence electrons. The number of rotatable bonds is 3. The second kappa shape index (κ2) is 7.83. The van der Waals surface area contributed by atoms with Crippen molar-refractivity contribution in [3.05, 3.63) is 11.6 Å². The number of allylic oxidation sites excluding steroid dienone is 2. The quantitative estimate of drug-likeness (QED) is 0.422. The molecule has 0 aliphatic heterocycles. The molecule has 0 radical (unpaired) electrons. The molecule has 0 aromatic heterocycles. The fourth-order valence-corrected chi connectivity index (χ4v) is 11.4. The van der Waals surface area contributed by atoms with Gasteiger partial charge in [0.25, 0.3) is 0 Å². The SMILES string of the molecule is CNC1CCC2(C)C(CCC3(C)C2CC=C2C4CC(C)(C)CCC4(COC)CC[C@]23C)C1(C)C. The highest BCUT2D eigenvalue weighted by Crippen LogP contribution is 2.75. The van der Waals surface area contributed by atoms with E-state index in [-0.39, 0.29) is 0 Å². The summed E-state index contributed by atoms with van der Waals surface area (Å²) >= 11 is 0. The Labute approximate surface area is 211 Å². The maximum Gasteiger partial charge on any atom is 0.0524 e. The standard InChI is InChI=1S/C32H55NO/c1-27(2)16-18-32(21-34-9)19-17-30(6)22(23(32)20-27)10-11-25-29(5)14-13-26(33-8)28(3,4)24(29)12-15-31(25,30)7/h10,23-26,33H,11-21H2,1-9H3/t23?,24?,25?,26?,29?,30-,31?,32?/m1/s1. The molecule has 4 saturated carbocycles. The molecule has 34 heavy (non-hydrogen) atoms. The van der Waals surface area contributed by atoms with Crippen LogP contribution in [-0.2, 0) is 4.74 Å². The van der Waals surface area contributed by atoms with E-state index in [1.54, 1.807) is 0 Å². The summed E-state index contributed by atoms with van der Waals surface area (Å²) < 4.78 is 5.95. The van der Waals surface area contributed by atoms with Crippen LogP contribution in [0.4, 0.5) is 0 Å². The van der Waals surface area contributed by atoms with Gasteiger partial charge in [-0.2, -0.15) is 0 Å². The maximum atomic E-state index is 5.95. The van der Waals surface area contributed by atoms with Crippen molar-refractivity contribution in [2.75, 3.05) is 20.8 Å². The van der Waals surface area contributed by atoms with Crippen molar-refractivity contribution in [1.82, 2.24) is 5.32 Å². The van der Waals surface area contributed by atoms with E-state index in [1.165, 1.54) is 64.2 Å². The topological polar surface area (TPSA) is 21.3 Å². The van der Waals surface area contributed by atoms with Crippen molar-refractivity contribution < 1.29 is 4.74 Å². The highest BCUT2D eigenvalue weighted by molar-refractivity contribution is 5.34. The average Bonchev–Trinajstić information content (AvgIpc) is 2.75. The van der Waals surface area contributed by atoms with Gasteiger partial charge in [-0.25, -0.2) is 0 Å². The van der Waals surface area contributed by atoms with E-state index in [0.717, 1.165) is 24.4 Å². The van der Waals surface area contributed by atoms with Gasteiger partial charge in [-0.1, -0.05) is 60.1 Å². The lowest BCUT2D eigenvalue weighted by Crippen LogP contribution is -2.65. The molecule has 0 spiro atoms. The van der Waals surface area contributed by atoms with Crippen molar-refractivity contribution in [2.24, 2.45) is 50.2 Å². The van der Waals surface area contributed by atoms with Crippen LogP contribution in [0.15, 0.2) is 11.6 Å². The lowest BCUT2D eigenvalue weighted by atomic mass is 9.33. The first kappa shape index (κ1) is 25.3. The van der Waals surface area contributed by atoms with Gasteiger partial charge in [0.05, 0.1) is 6.61 Å². The Kier molecular flexibility index (Phi) is 5.83. The van der Waals surface area contributed by atoms with E-state index in [4.69, 9.17) is 4.74 Å². The highest BCUT2D eigenvalue weighted by Gasteiger charge is 2.68. The first-order valence-corrected chi connectivity index (χ1v) is 14.7. The third-order valence-electron chi connectivity index (χ3n) is 13.6. The van der Waals surface area contributed by atoms with Crippen molar-refractivity contribution >= 4 is 0 Å². The summed E-state index contributed by atoms with van der Waals surface area (Å²) in [5.74, 6) is 2.36. The fourth-order valence-electron chi connectivity index (χ4n) is 11.4. The molecule has 2 heteroatoms. The third kappa shape index (κ3) is 3.19. The molecule has 8 atom stereocenters. The van der Waals surface area contributed by atoms with E-state index in [9.17, 15) is 0 Å². The number of ether oxygens (including phenoxy) is 1. The molecule has 7 unspecified atom stereocenters. The normalized spacial score (nSPS) is 51.4. The number of hydrogen-bond donors (Lipinski definition) is 1. The van der Waals surface area contributed by atoms with Gasteiger partial charge >= 0.3 is 0 Å². The molecule has 5 aliphatic carbocycles. The molecule has 1 N–H and O–H groups in total. The summed E-state index contributed by atoms with van der Waals surface area (Å²) in [4.78, 5) is 0. The second-order valence-electron chi connectivity index (χ2n) is 15.7. The van der Waals surface area contributed by atoms with Crippen LogP contribution in [-0.4, -0.2) is 26.8 Å². The van der Waals surface area contributed by atoms with Crippen LogP contribution in [0.2, 0.25) is 0 Å². The van der Waals surface area contributed by atoms with Crippen LogP contribution in [0.5, 0.6) is 0 Å². The van der Waals surface area contributed by atoms with E-state index in [2.05, 4.69) is 66.9 Å². The molecule has 5 rings (SSSR count). The Hall–Kier alpha value is -0.340. The van der Waals surface area contributed by atoms with Crippen molar-refractivity contribution in [3.8, 4) is 0 Å². The number of hydrogen-bond acceptors (Lipinski definition) is 2. The van der Waals surface area contributed by atoms with Crippen molar-refractivity contribution in [3.63, 3.8) is 0 Å². The van der Waals surface area contributed by atoms with Crippen molar-refractivity contribution in [1.29, 1.82) is 0 Å². The molecule has 0 amide bonds. The average molecular weight is 470 g/mol. The van der Waals surface area contributed by atoms with Gasteiger partial charge < -0.3 is 10.1 Å². The van der Waals surface area contributed by atoms with Crippen LogP contribution < -0.4 is 5.32 Å². The maximum absolute atomic E-state index is 5.95. The smallest absolute Gasteiger partial charge is 0.0524 e. The number of nitrogens with one attached hydrogen (secondary N) is 1. The summed E-state index contributed by atoms with van der Waals surface area (Å²) in [5, 5.41) is 3.71. The van der Waals surface area contributed by atoms with Gasteiger partial charge in [0.15, 0.2) is 0 Å². The summed E-state index contributed by atoms with van der Waals surface area (Å²) in [5.41, 5.74) is 4.32. The zero-order valence-electron chi connectivity index (χ0n) is 24.1. The van der Waals surface area contributed by atoms with Crippen molar-refractivity contribution in [2.45, 2.75) is 119 Å². The van der Waals surface area contributed by atoms with E-state index in [0.29, 0.717) is 38.5 Å². The van der Waals surface area contributed by atoms with Gasteiger partial charge in [0.2, 0.25) is 0 Å². The van der Waals surface area contributed by atoms with Crippen LogP contribution in [0, 0.1) is 50.2 Å². The second-order valence-corrected chi connectivity index (χ2v) is 15.7. The van der Waals surface area contributed by atoms with E-state index < -0.39 is 0 Å². The van der Waals surface area contributed by atoms with Crippen LogP contribution in [0.3, 0.4) is 0 Å². The number of fused-ring (bicyclic) bond motifs is 7. The summed E-state index contributed by atoms with van der Waals surface area (Å²) in [6.45, 7) is 19.4. The zero-order valence-corrected chi connectivity index (χ0v) is 24.1. The van der Waals surface area contributed by atoms with Gasteiger partial charge in [-0.3, -0.25) is 0 Å². The third-order valence-corrected chi connectivity index (χ3v) is 13.6. The lowest BCUT2D eigenvalue weighted by Gasteiger charge is -2.71. The Morgan fingerprint density at radius 3 is 2.26 bits per heavy atom. The molecular formula is C32H55NO. The molecule has 0 aromatic carbocycles. The van der Waals surface area contributed by atoms with Crippen LogP contribution >= 0.6 is 0 Å². The predicted molar refractivity (Wildman–Crippen MR) is 144 cm³/mol. The molecular weight excluding hydrogens is 414 g/mol. The summed E-state index contributed by atoms with van der Waals surface area (Å²) in [6.07, 6.45) is 16.5. The van der Waals surface area contributed by atoms with Gasteiger partial charge in [-0.05, 0) is 116 Å². The van der Waals surface area contributed by atoms with Gasteiger partial charge in [0, 0.05) is 18.6 Å². The molecule has 0 bridgehead atoms. The summed E-state index contributed by atoms with van der Waals surface area (Å²) in [7, 11) is 4.13. The minimum atomic E-state index is 0.350. The zero-order chi connectivity index (χ0) is 24.8. The minimum Gasteiger partial charge on any atom is -0.384 e. The first-order chi connectivity index (χ1) is 15.8. The number of methoxy groups -OCH3 is 1. The Morgan fingerprint density at radius 2 is 1.59 bits per heavy atom. The molecule has 2 nitrogen and oxygen atoms in total. The molecule has 0 heterocycles. The summed E-state index contributed by atoms with van der Waals surface area (Å²) in [6, 6.07) is 0.661. The Morgan fingerprint density at radius 1 is 0.882 bits per heavy atom. The first-order valence-electron chi connectivity index (χ1n) is 14.7. The van der Waals surface area contributed by atoms with Crippen LogP contribution in [0.1, 0.15) is 113 Å². The molecule has 5 aliphatic rings. The Balaban J connectivity index is 1.56. The monoisotopic (exact) mass is 469 g/mol. The van der Waals surface area contributed by atoms with E-state index >= 15 is 0 Å². The lowest BCUT2D eigenvalue weighted by molar-refractivity contribution is -0.188. The minimum absolute atomic E-state index is 0.350. The molecule has 0 aromatic rings. The van der Waals surface area contributed by atoms with E-state index in [1.807, 2.05) is 12.7 Å². The van der Waals surface area contributed by atoms with Crippen LogP contribution in [0.25, 0.3) is 0 Å². The predicted octanol–water partition coefficient (Wildman–Crippen LogP) is 8.02. The highest BCUT2D eigenvalue weighted by atomic mass is 16.5. The van der Waals surface area contributed by atoms with Gasteiger partial charge in [-0.15, -0.1) is 0 Å². The largest absolute Gasteiger partial charge is 0.384 e.